The number of carboxylic acid groups (broad SMARTS) is 1. The summed E-state index contributed by atoms with van der Waals surface area (Å²) >= 11 is 1.53. The van der Waals surface area contributed by atoms with Crippen LogP contribution in [0.1, 0.15) is 9.75 Å². The highest BCUT2D eigenvalue weighted by atomic mass is 32.1. The molecule has 1 saturated heterocycles. The molecule has 2 amide bonds. The van der Waals surface area contributed by atoms with E-state index in [2.05, 4.69) is 5.32 Å². The Kier molecular flexibility index (Phi) is 4.23. The number of carbonyl (C=O) groups is 3. The van der Waals surface area contributed by atoms with Gasteiger partial charge < -0.3 is 15.2 Å². The van der Waals surface area contributed by atoms with E-state index < -0.39 is 30.6 Å². The Hall–Kier alpha value is -2.09. The molecule has 108 valence electrons. The van der Waals surface area contributed by atoms with Crippen molar-refractivity contribution in [2.45, 2.75) is 19.5 Å². The van der Waals surface area contributed by atoms with Gasteiger partial charge in [-0.2, -0.15) is 0 Å². The SMILES string of the molecule is Cc1ccc(CN2C(=O)OC[C@H]2C(=O)NCC(=O)O)s1. The first-order chi connectivity index (χ1) is 9.47. The van der Waals surface area contributed by atoms with Crippen LogP contribution in [0.15, 0.2) is 12.1 Å². The number of amides is 2. The number of rotatable bonds is 5. The highest BCUT2D eigenvalue weighted by Gasteiger charge is 2.38. The molecule has 7 nitrogen and oxygen atoms in total. The van der Waals surface area contributed by atoms with E-state index in [-0.39, 0.29) is 13.2 Å². The van der Waals surface area contributed by atoms with Crippen LogP contribution in [-0.4, -0.2) is 47.2 Å². The highest BCUT2D eigenvalue weighted by Crippen LogP contribution is 2.21. The number of thiophene rings is 1. The standard InChI is InChI=1S/C12H14N2O5S/c1-7-2-3-8(20-7)5-14-9(6-19-12(14)18)11(17)13-4-10(15)16/h2-3,9H,4-6H2,1H3,(H,13,17)(H,15,16)/t9-/m0/s1. The smallest absolute Gasteiger partial charge is 0.410 e. The van der Waals surface area contributed by atoms with Crippen LogP contribution >= 0.6 is 11.3 Å². The Bertz CT molecular complexity index is 542. The van der Waals surface area contributed by atoms with E-state index in [1.807, 2.05) is 19.1 Å². The van der Waals surface area contributed by atoms with Crippen molar-refractivity contribution in [3.63, 3.8) is 0 Å². The van der Waals surface area contributed by atoms with E-state index in [1.54, 1.807) is 0 Å². The van der Waals surface area contributed by atoms with Crippen molar-refractivity contribution in [1.82, 2.24) is 10.2 Å². The Morgan fingerprint density at radius 1 is 1.55 bits per heavy atom. The van der Waals surface area contributed by atoms with E-state index in [1.165, 1.54) is 16.2 Å². The van der Waals surface area contributed by atoms with Gasteiger partial charge in [0, 0.05) is 9.75 Å². The van der Waals surface area contributed by atoms with Gasteiger partial charge in [0.2, 0.25) is 5.91 Å². The van der Waals surface area contributed by atoms with Crippen molar-refractivity contribution in [3.05, 3.63) is 21.9 Å². The Morgan fingerprint density at radius 2 is 2.30 bits per heavy atom. The largest absolute Gasteiger partial charge is 0.480 e. The number of cyclic esters (lactones) is 1. The molecule has 0 aliphatic carbocycles. The maximum absolute atomic E-state index is 11.9. The summed E-state index contributed by atoms with van der Waals surface area (Å²) in [5.41, 5.74) is 0. The van der Waals surface area contributed by atoms with Crippen molar-refractivity contribution in [2.24, 2.45) is 0 Å². The van der Waals surface area contributed by atoms with Crippen LogP contribution in [0.5, 0.6) is 0 Å². The van der Waals surface area contributed by atoms with Gasteiger partial charge in [-0.1, -0.05) is 0 Å². The third-order valence-corrected chi connectivity index (χ3v) is 3.80. The van der Waals surface area contributed by atoms with E-state index in [4.69, 9.17) is 9.84 Å². The van der Waals surface area contributed by atoms with Gasteiger partial charge in [-0.25, -0.2) is 4.79 Å². The summed E-state index contributed by atoms with van der Waals surface area (Å²) in [7, 11) is 0. The minimum atomic E-state index is -1.14. The zero-order chi connectivity index (χ0) is 14.7. The number of ether oxygens (including phenoxy) is 1. The number of hydrogen-bond acceptors (Lipinski definition) is 5. The van der Waals surface area contributed by atoms with Crippen molar-refractivity contribution < 1.29 is 24.2 Å². The molecule has 2 heterocycles. The van der Waals surface area contributed by atoms with Crippen LogP contribution in [0.25, 0.3) is 0 Å². The quantitative estimate of drug-likeness (QED) is 0.829. The third kappa shape index (κ3) is 3.27. The summed E-state index contributed by atoms with van der Waals surface area (Å²) in [5, 5.41) is 10.8. The van der Waals surface area contributed by atoms with Gasteiger partial charge in [0.05, 0.1) is 6.54 Å². The number of carboxylic acids is 1. The number of nitrogens with one attached hydrogen (secondary N) is 1. The summed E-state index contributed by atoms with van der Waals surface area (Å²) in [6.07, 6.45) is -0.563. The predicted molar refractivity (Wildman–Crippen MR) is 70.4 cm³/mol. The highest BCUT2D eigenvalue weighted by molar-refractivity contribution is 7.11. The van der Waals surface area contributed by atoms with Crippen LogP contribution in [-0.2, 0) is 20.9 Å². The lowest BCUT2D eigenvalue weighted by Gasteiger charge is -2.19. The first-order valence-corrected chi connectivity index (χ1v) is 6.77. The number of hydrogen-bond donors (Lipinski definition) is 2. The second kappa shape index (κ2) is 5.91. The number of nitrogens with zero attached hydrogens (tertiary/aromatic N) is 1. The molecule has 8 heteroatoms. The van der Waals surface area contributed by atoms with Gasteiger partial charge in [0.15, 0.2) is 0 Å². The van der Waals surface area contributed by atoms with E-state index in [9.17, 15) is 14.4 Å². The van der Waals surface area contributed by atoms with Crippen LogP contribution in [0.4, 0.5) is 4.79 Å². The fourth-order valence-corrected chi connectivity index (χ4v) is 2.75. The summed E-state index contributed by atoms with van der Waals surface area (Å²) in [6, 6.07) is 3.03. The molecule has 1 fully saturated rings. The molecule has 0 saturated carbocycles. The normalized spacial score (nSPS) is 17.9. The van der Waals surface area contributed by atoms with Gasteiger partial charge in [-0.05, 0) is 19.1 Å². The number of aryl methyl sites for hydroxylation is 1. The van der Waals surface area contributed by atoms with E-state index >= 15 is 0 Å². The maximum atomic E-state index is 11.9. The first-order valence-electron chi connectivity index (χ1n) is 5.95. The van der Waals surface area contributed by atoms with Crippen molar-refractivity contribution in [3.8, 4) is 0 Å². The topological polar surface area (TPSA) is 95.9 Å². The molecule has 0 aromatic carbocycles. The molecular weight excluding hydrogens is 284 g/mol. The molecular formula is C12H14N2O5S. The summed E-state index contributed by atoms with van der Waals surface area (Å²) in [4.78, 5) is 37.3. The van der Waals surface area contributed by atoms with Gasteiger partial charge in [-0.3, -0.25) is 14.5 Å². The lowest BCUT2D eigenvalue weighted by Crippen LogP contribution is -2.46. The van der Waals surface area contributed by atoms with Gasteiger partial charge in [0.25, 0.3) is 0 Å². The summed E-state index contributed by atoms with van der Waals surface area (Å²) in [6.45, 7) is 1.69. The zero-order valence-electron chi connectivity index (χ0n) is 10.8. The van der Waals surface area contributed by atoms with E-state index in [0.29, 0.717) is 0 Å². The molecule has 1 aromatic heterocycles. The molecule has 1 atom stereocenters. The Balaban J connectivity index is 2.02. The Labute approximate surface area is 119 Å². The molecule has 0 unspecified atom stereocenters. The molecule has 2 rings (SSSR count). The van der Waals surface area contributed by atoms with Crippen molar-refractivity contribution in [2.75, 3.05) is 13.2 Å². The van der Waals surface area contributed by atoms with Crippen LogP contribution < -0.4 is 5.32 Å². The van der Waals surface area contributed by atoms with Gasteiger partial charge in [-0.15, -0.1) is 11.3 Å². The van der Waals surface area contributed by atoms with Crippen LogP contribution in [0.2, 0.25) is 0 Å². The second-order valence-electron chi connectivity index (χ2n) is 4.34. The minimum Gasteiger partial charge on any atom is -0.480 e. The monoisotopic (exact) mass is 298 g/mol. The Morgan fingerprint density at radius 3 is 2.90 bits per heavy atom. The minimum absolute atomic E-state index is 0.0609. The summed E-state index contributed by atoms with van der Waals surface area (Å²) < 4.78 is 4.87. The number of carbonyl (C=O) groups excluding carboxylic acids is 2. The molecule has 0 bridgehead atoms. The van der Waals surface area contributed by atoms with Gasteiger partial charge >= 0.3 is 12.1 Å². The fourth-order valence-electron chi connectivity index (χ4n) is 1.86. The predicted octanol–water partition coefficient (Wildman–Crippen LogP) is 0.578. The summed E-state index contributed by atoms with van der Waals surface area (Å²) in [5.74, 6) is -1.66. The zero-order valence-corrected chi connectivity index (χ0v) is 11.6. The maximum Gasteiger partial charge on any atom is 0.410 e. The average Bonchev–Trinajstić information content (AvgIpc) is 2.95. The lowest BCUT2D eigenvalue weighted by molar-refractivity contribution is -0.138. The molecule has 1 aromatic rings. The fraction of sp³-hybridized carbons (Fsp3) is 0.417. The van der Waals surface area contributed by atoms with Crippen LogP contribution in [0, 0.1) is 6.92 Å². The average molecular weight is 298 g/mol. The van der Waals surface area contributed by atoms with E-state index in [0.717, 1.165) is 9.75 Å². The lowest BCUT2D eigenvalue weighted by atomic mass is 10.2. The van der Waals surface area contributed by atoms with Gasteiger partial charge in [0.1, 0.15) is 19.2 Å². The molecule has 1 aliphatic heterocycles. The van der Waals surface area contributed by atoms with Crippen molar-refractivity contribution >= 4 is 29.3 Å². The molecule has 2 N–H and O–H groups in total. The molecule has 0 spiro atoms. The third-order valence-electron chi connectivity index (χ3n) is 2.81. The molecule has 0 radical (unpaired) electrons. The molecule has 1 aliphatic rings. The van der Waals surface area contributed by atoms with Crippen molar-refractivity contribution in [1.29, 1.82) is 0 Å². The molecule has 20 heavy (non-hydrogen) atoms. The second-order valence-corrected chi connectivity index (χ2v) is 5.72. The van der Waals surface area contributed by atoms with Crippen LogP contribution in [0.3, 0.4) is 0 Å². The first kappa shape index (κ1) is 14.3. The number of aliphatic carboxylic acids is 1.